The van der Waals surface area contributed by atoms with Gasteiger partial charge in [0.2, 0.25) is 0 Å². The van der Waals surface area contributed by atoms with E-state index in [4.69, 9.17) is 4.74 Å². The maximum atomic E-state index is 11.7. The van der Waals surface area contributed by atoms with Gasteiger partial charge in [0.1, 0.15) is 6.10 Å². The highest BCUT2D eigenvalue weighted by Gasteiger charge is 2.32. The van der Waals surface area contributed by atoms with Gasteiger partial charge in [0.15, 0.2) is 0 Å². The Bertz CT molecular complexity index is 211. The van der Waals surface area contributed by atoms with Crippen molar-refractivity contribution < 1.29 is 9.53 Å². The van der Waals surface area contributed by atoms with Gasteiger partial charge in [-0.1, -0.05) is 6.92 Å². The van der Waals surface area contributed by atoms with Crippen molar-refractivity contribution in [2.24, 2.45) is 11.8 Å². The summed E-state index contributed by atoms with van der Waals surface area (Å²) in [4.78, 5) is 11.7. The summed E-state index contributed by atoms with van der Waals surface area (Å²) in [5.74, 6) is 0.550. The summed E-state index contributed by atoms with van der Waals surface area (Å²) >= 11 is 0. The van der Waals surface area contributed by atoms with Crippen molar-refractivity contribution in [3.05, 3.63) is 0 Å². The summed E-state index contributed by atoms with van der Waals surface area (Å²) in [5, 5.41) is 3.23. The first-order chi connectivity index (χ1) is 6.77. The third-order valence-corrected chi connectivity index (χ3v) is 3.41. The average molecular weight is 197 g/mol. The Kier molecular flexibility index (Phi) is 3.06. The van der Waals surface area contributed by atoms with E-state index in [2.05, 4.69) is 12.2 Å². The molecule has 1 aliphatic heterocycles. The monoisotopic (exact) mass is 197 g/mol. The van der Waals surface area contributed by atoms with Crippen LogP contribution in [-0.2, 0) is 9.53 Å². The molecule has 0 aromatic carbocycles. The molecule has 2 rings (SSSR count). The molecule has 2 fully saturated rings. The Balaban J connectivity index is 1.82. The van der Waals surface area contributed by atoms with E-state index in [0.29, 0.717) is 5.92 Å². The van der Waals surface area contributed by atoms with Gasteiger partial charge < -0.3 is 10.1 Å². The molecule has 0 aromatic rings. The standard InChI is InChI=1S/C11H19NO2/c1-8-6-12-7-10(8)11(13)14-9-4-2-3-5-9/h8-10,12H,2-7H2,1H3. The molecule has 1 N–H and O–H groups in total. The van der Waals surface area contributed by atoms with Crippen molar-refractivity contribution in [1.29, 1.82) is 0 Å². The number of carbonyl (C=O) groups is 1. The second-order valence-electron chi connectivity index (χ2n) is 4.59. The lowest BCUT2D eigenvalue weighted by atomic mass is 9.98. The van der Waals surface area contributed by atoms with Crippen LogP contribution in [0.1, 0.15) is 32.6 Å². The predicted molar refractivity (Wildman–Crippen MR) is 53.9 cm³/mol. The van der Waals surface area contributed by atoms with Crippen molar-refractivity contribution in [2.45, 2.75) is 38.7 Å². The highest BCUT2D eigenvalue weighted by molar-refractivity contribution is 5.73. The first-order valence-corrected chi connectivity index (χ1v) is 5.68. The highest BCUT2D eigenvalue weighted by Crippen LogP contribution is 2.24. The van der Waals surface area contributed by atoms with E-state index in [1.165, 1.54) is 12.8 Å². The summed E-state index contributed by atoms with van der Waals surface area (Å²) < 4.78 is 5.49. The predicted octanol–water partition coefficient (Wildman–Crippen LogP) is 1.33. The zero-order valence-electron chi connectivity index (χ0n) is 8.79. The smallest absolute Gasteiger partial charge is 0.310 e. The lowest BCUT2D eigenvalue weighted by Gasteiger charge is -2.17. The van der Waals surface area contributed by atoms with Gasteiger partial charge in [-0.15, -0.1) is 0 Å². The Morgan fingerprint density at radius 1 is 1.29 bits per heavy atom. The van der Waals surface area contributed by atoms with Crippen LogP contribution in [0.5, 0.6) is 0 Å². The van der Waals surface area contributed by atoms with E-state index in [0.717, 1.165) is 25.9 Å². The molecule has 1 heterocycles. The molecular weight excluding hydrogens is 178 g/mol. The molecule has 0 aromatic heterocycles. The van der Waals surface area contributed by atoms with E-state index >= 15 is 0 Å². The van der Waals surface area contributed by atoms with Gasteiger partial charge in [0, 0.05) is 6.54 Å². The molecule has 3 heteroatoms. The number of carbonyl (C=O) groups excluding carboxylic acids is 1. The average Bonchev–Trinajstić information content (AvgIpc) is 2.75. The number of rotatable bonds is 2. The molecule has 2 atom stereocenters. The van der Waals surface area contributed by atoms with Crippen LogP contribution < -0.4 is 5.32 Å². The molecule has 3 nitrogen and oxygen atoms in total. The van der Waals surface area contributed by atoms with Crippen molar-refractivity contribution >= 4 is 5.97 Å². The van der Waals surface area contributed by atoms with Gasteiger partial charge in [0.05, 0.1) is 5.92 Å². The molecular formula is C11H19NO2. The van der Waals surface area contributed by atoms with Crippen molar-refractivity contribution in [3.8, 4) is 0 Å². The van der Waals surface area contributed by atoms with Crippen LogP contribution in [0.15, 0.2) is 0 Å². The fourth-order valence-corrected chi connectivity index (χ4v) is 2.38. The molecule has 0 radical (unpaired) electrons. The summed E-state index contributed by atoms with van der Waals surface area (Å²) in [6.07, 6.45) is 4.79. The number of nitrogens with one attached hydrogen (secondary N) is 1. The Morgan fingerprint density at radius 3 is 2.57 bits per heavy atom. The van der Waals surface area contributed by atoms with Crippen LogP contribution in [0.4, 0.5) is 0 Å². The maximum Gasteiger partial charge on any atom is 0.310 e. The molecule has 2 aliphatic rings. The van der Waals surface area contributed by atoms with Crippen LogP contribution in [-0.4, -0.2) is 25.2 Å². The first-order valence-electron chi connectivity index (χ1n) is 5.68. The quantitative estimate of drug-likeness (QED) is 0.679. The largest absolute Gasteiger partial charge is 0.462 e. The maximum absolute atomic E-state index is 11.7. The Morgan fingerprint density at radius 2 is 2.00 bits per heavy atom. The van der Waals surface area contributed by atoms with E-state index < -0.39 is 0 Å². The van der Waals surface area contributed by atoms with Gasteiger partial charge in [-0.05, 0) is 38.1 Å². The third-order valence-electron chi connectivity index (χ3n) is 3.41. The van der Waals surface area contributed by atoms with E-state index in [1.807, 2.05) is 0 Å². The first kappa shape index (κ1) is 9.97. The SMILES string of the molecule is CC1CNCC1C(=O)OC1CCCC1. The normalized spacial score (nSPS) is 33.5. The second kappa shape index (κ2) is 4.30. The second-order valence-corrected chi connectivity index (χ2v) is 4.59. The summed E-state index contributed by atoms with van der Waals surface area (Å²) in [5.41, 5.74) is 0. The minimum absolute atomic E-state index is 0.0226. The van der Waals surface area contributed by atoms with Gasteiger partial charge in [-0.3, -0.25) is 4.79 Å². The van der Waals surface area contributed by atoms with Crippen molar-refractivity contribution in [3.63, 3.8) is 0 Å². The number of hydrogen-bond acceptors (Lipinski definition) is 3. The molecule has 2 unspecified atom stereocenters. The highest BCUT2D eigenvalue weighted by atomic mass is 16.5. The van der Waals surface area contributed by atoms with Crippen LogP contribution in [0.3, 0.4) is 0 Å². The summed E-state index contributed by atoms with van der Waals surface area (Å²) in [7, 11) is 0. The summed E-state index contributed by atoms with van der Waals surface area (Å²) in [6, 6.07) is 0. The van der Waals surface area contributed by atoms with Gasteiger partial charge in [-0.25, -0.2) is 0 Å². The number of esters is 1. The van der Waals surface area contributed by atoms with Crippen LogP contribution in [0.2, 0.25) is 0 Å². The van der Waals surface area contributed by atoms with E-state index in [9.17, 15) is 4.79 Å². The van der Waals surface area contributed by atoms with Gasteiger partial charge in [-0.2, -0.15) is 0 Å². The summed E-state index contributed by atoms with van der Waals surface area (Å²) in [6.45, 7) is 3.86. The molecule has 1 saturated heterocycles. The molecule has 1 aliphatic carbocycles. The van der Waals surface area contributed by atoms with Gasteiger partial charge in [0.25, 0.3) is 0 Å². The number of ether oxygens (including phenoxy) is 1. The fourth-order valence-electron chi connectivity index (χ4n) is 2.38. The topological polar surface area (TPSA) is 38.3 Å². The molecule has 1 saturated carbocycles. The molecule has 0 bridgehead atoms. The number of hydrogen-bond donors (Lipinski definition) is 1. The van der Waals surface area contributed by atoms with E-state index in [-0.39, 0.29) is 18.0 Å². The Labute approximate surface area is 85.2 Å². The van der Waals surface area contributed by atoms with Crippen molar-refractivity contribution in [1.82, 2.24) is 5.32 Å². The van der Waals surface area contributed by atoms with Crippen molar-refractivity contribution in [2.75, 3.05) is 13.1 Å². The molecule has 0 amide bonds. The van der Waals surface area contributed by atoms with Crippen LogP contribution >= 0.6 is 0 Å². The van der Waals surface area contributed by atoms with Gasteiger partial charge >= 0.3 is 5.97 Å². The molecule has 14 heavy (non-hydrogen) atoms. The lowest BCUT2D eigenvalue weighted by Crippen LogP contribution is -2.27. The minimum Gasteiger partial charge on any atom is -0.462 e. The van der Waals surface area contributed by atoms with E-state index in [1.54, 1.807) is 0 Å². The van der Waals surface area contributed by atoms with Crippen LogP contribution in [0, 0.1) is 11.8 Å². The zero-order chi connectivity index (χ0) is 9.97. The molecule has 80 valence electrons. The Hall–Kier alpha value is -0.570. The zero-order valence-corrected chi connectivity index (χ0v) is 8.79. The van der Waals surface area contributed by atoms with Crippen LogP contribution in [0.25, 0.3) is 0 Å². The third kappa shape index (κ3) is 2.08. The fraction of sp³-hybridized carbons (Fsp3) is 0.909. The lowest BCUT2D eigenvalue weighted by molar-refractivity contribution is -0.154. The minimum atomic E-state index is 0.0226. The molecule has 0 spiro atoms.